The minimum atomic E-state index is 0.972. The molecule has 158 valence electrons. The Balaban J connectivity index is 1.63. The molecule has 6 rings (SSSR count). The van der Waals surface area contributed by atoms with Crippen LogP contribution in [0.15, 0.2) is 42.5 Å². The molecule has 0 fully saturated rings. The molecule has 1 heterocycles. The van der Waals surface area contributed by atoms with Gasteiger partial charge < -0.3 is 0 Å². The zero-order valence-electron chi connectivity index (χ0n) is 19.9. The molecule has 3 aromatic carbocycles. The van der Waals surface area contributed by atoms with E-state index in [0.717, 1.165) is 18.5 Å². The first-order valence-corrected chi connectivity index (χ1v) is 11.6. The van der Waals surface area contributed by atoms with Gasteiger partial charge in [-0.2, -0.15) is 0 Å². The lowest BCUT2D eigenvalue weighted by atomic mass is 9.93. The highest BCUT2D eigenvalue weighted by Gasteiger charge is 2.35. The molecule has 2 aliphatic carbocycles. The molecule has 4 aromatic rings. The van der Waals surface area contributed by atoms with Gasteiger partial charge in [-0.15, -0.1) is 0 Å². The maximum Gasteiger partial charge on any atom is 0.243 e. The number of benzene rings is 3. The molecule has 0 aliphatic heterocycles. The van der Waals surface area contributed by atoms with Crippen LogP contribution < -0.4 is 4.68 Å². The Hall–Kier alpha value is -3.26. The van der Waals surface area contributed by atoms with E-state index in [1.807, 2.05) is 0 Å². The summed E-state index contributed by atoms with van der Waals surface area (Å²) in [5.74, 6) is 0. The summed E-state index contributed by atoms with van der Waals surface area (Å²) < 4.78 is 2.11. The summed E-state index contributed by atoms with van der Waals surface area (Å²) in [5.41, 5.74) is 20.5. The Bertz CT molecular complexity index is 1470. The summed E-state index contributed by atoms with van der Waals surface area (Å²) in [6, 6.07) is 16.3. The second-order valence-corrected chi connectivity index (χ2v) is 9.81. The van der Waals surface area contributed by atoms with Gasteiger partial charge in [0.05, 0.1) is 5.56 Å². The standard InChI is InChI=1S/C30H29N2/c1-16-7-9-23-22(12-16)14-21-8-10-24-26(29(21)23)15-27-28(24)20(5)31-32(6)30(27)25-13-17(2)11-18(3)19(25)4/h7-13H,14-15H2,1-6H3/q+1. The van der Waals surface area contributed by atoms with Crippen molar-refractivity contribution in [2.24, 2.45) is 7.05 Å². The van der Waals surface area contributed by atoms with Gasteiger partial charge in [-0.25, -0.2) is 0 Å². The van der Waals surface area contributed by atoms with Gasteiger partial charge in [0.1, 0.15) is 5.69 Å². The molecule has 1 aromatic heterocycles. The molecule has 0 atom stereocenters. The zero-order valence-corrected chi connectivity index (χ0v) is 19.9. The number of rotatable bonds is 1. The molecular weight excluding hydrogens is 388 g/mol. The van der Waals surface area contributed by atoms with Crippen molar-refractivity contribution in [1.82, 2.24) is 5.10 Å². The monoisotopic (exact) mass is 417 g/mol. The van der Waals surface area contributed by atoms with E-state index in [0.29, 0.717) is 0 Å². The number of fused-ring (bicyclic) bond motifs is 7. The molecular formula is C30H29N2+. The van der Waals surface area contributed by atoms with Crippen LogP contribution in [-0.2, 0) is 19.9 Å². The van der Waals surface area contributed by atoms with Gasteiger partial charge in [0, 0.05) is 17.5 Å². The van der Waals surface area contributed by atoms with Crippen molar-refractivity contribution >= 4 is 0 Å². The molecule has 0 saturated heterocycles. The van der Waals surface area contributed by atoms with Gasteiger partial charge >= 0.3 is 0 Å². The minimum Gasteiger partial charge on any atom is -0.0859 e. The van der Waals surface area contributed by atoms with E-state index in [9.17, 15) is 0 Å². The normalized spacial score (nSPS) is 13.1. The van der Waals surface area contributed by atoms with E-state index in [1.165, 1.54) is 78.0 Å². The average Bonchev–Trinajstić information content (AvgIpc) is 3.28. The quantitative estimate of drug-likeness (QED) is 0.289. The van der Waals surface area contributed by atoms with Crippen molar-refractivity contribution in [1.29, 1.82) is 0 Å². The molecule has 0 unspecified atom stereocenters. The lowest BCUT2D eigenvalue weighted by molar-refractivity contribution is -0.721. The number of hydrogen-bond donors (Lipinski definition) is 0. The smallest absolute Gasteiger partial charge is 0.0859 e. The fourth-order valence-electron chi connectivity index (χ4n) is 6.10. The lowest BCUT2D eigenvalue weighted by Crippen LogP contribution is -2.38. The number of nitrogens with zero attached hydrogens (tertiary/aromatic N) is 2. The molecule has 2 heteroatoms. The van der Waals surface area contributed by atoms with Gasteiger partial charge in [-0.1, -0.05) is 52.2 Å². The minimum absolute atomic E-state index is 0.972. The van der Waals surface area contributed by atoms with Gasteiger partial charge in [0.2, 0.25) is 5.69 Å². The molecule has 32 heavy (non-hydrogen) atoms. The van der Waals surface area contributed by atoms with Crippen molar-refractivity contribution < 1.29 is 4.68 Å². The molecule has 0 bridgehead atoms. The highest BCUT2D eigenvalue weighted by Crippen LogP contribution is 2.49. The van der Waals surface area contributed by atoms with E-state index < -0.39 is 0 Å². The highest BCUT2D eigenvalue weighted by atomic mass is 15.3. The molecule has 0 saturated carbocycles. The van der Waals surface area contributed by atoms with Crippen LogP contribution in [0.5, 0.6) is 0 Å². The van der Waals surface area contributed by atoms with E-state index >= 15 is 0 Å². The van der Waals surface area contributed by atoms with Crippen LogP contribution in [0.1, 0.15) is 50.2 Å². The first kappa shape index (κ1) is 19.4. The fourth-order valence-corrected chi connectivity index (χ4v) is 6.10. The summed E-state index contributed by atoms with van der Waals surface area (Å²) in [6.07, 6.45) is 2.02. The Morgan fingerprint density at radius 1 is 0.688 bits per heavy atom. The average molecular weight is 418 g/mol. The largest absolute Gasteiger partial charge is 0.243 e. The lowest BCUT2D eigenvalue weighted by Gasteiger charge is -2.12. The van der Waals surface area contributed by atoms with Crippen LogP contribution >= 0.6 is 0 Å². The molecule has 2 aliphatic rings. The Kier molecular flexibility index (Phi) is 4.02. The number of aryl methyl sites for hydroxylation is 5. The summed E-state index contributed by atoms with van der Waals surface area (Å²) in [5, 5.41) is 4.99. The third-order valence-corrected chi connectivity index (χ3v) is 7.57. The van der Waals surface area contributed by atoms with Crippen molar-refractivity contribution in [3.05, 3.63) is 92.7 Å². The fraction of sp³-hybridized carbons (Fsp3) is 0.267. The molecule has 2 nitrogen and oxygen atoms in total. The third kappa shape index (κ3) is 2.59. The SMILES string of the molecule is Cc1ccc2c(c1)Cc1ccc3c(c1-2)Cc1c-3c(C)n[n+](C)c1-c1cc(C)cc(C)c1C. The summed E-state index contributed by atoms with van der Waals surface area (Å²) in [6.45, 7) is 11.0. The molecule has 0 amide bonds. The Morgan fingerprint density at radius 3 is 2.28 bits per heavy atom. The van der Waals surface area contributed by atoms with Crippen molar-refractivity contribution in [2.45, 2.75) is 47.5 Å². The number of aromatic nitrogens is 2. The summed E-state index contributed by atoms with van der Waals surface area (Å²) in [4.78, 5) is 0. The van der Waals surface area contributed by atoms with Gasteiger partial charge in [-0.3, -0.25) is 0 Å². The van der Waals surface area contributed by atoms with Crippen molar-refractivity contribution in [2.75, 3.05) is 0 Å². The first-order chi connectivity index (χ1) is 15.3. The Labute approximate surface area is 190 Å². The van der Waals surface area contributed by atoms with E-state index in [2.05, 4.69) is 88.8 Å². The topological polar surface area (TPSA) is 16.8 Å². The molecule has 0 spiro atoms. The predicted molar refractivity (Wildman–Crippen MR) is 131 cm³/mol. The van der Waals surface area contributed by atoms with Crippen LogP contribution in [0.3, 0.4) is 0 Å². The molecule has 0 N–H and O–H groups in total. The number of hydrogen-bond acceptors (Lipinski definition) is 1. The van der Waals surface area contributed by atoms with Gasteiger partial charge in [0.25, 0.3) is 0 Å². The van der Waals surface area contributed by atoms with Crippen LogP contribution in [0, 0.1) is 34.6 Å². The maximum atomic E-state index is 4.99. The van der Waals surface area contributed by atoms with E-state index in [-0.39, 0.29) is 0 Å². The van der Waals surface area contributed by atoms with E-state index in [4.69, 9.17) is 5.10 Å². The summed E-state index contributed by atoms with van der Waals surface area (Å²) >= 11 is 0. The highest BCUT2D eigenvalue weighted by molar-refractivity contribution is 5.92. The van der Waals surface area contributed by atoms with Crippen molar-refractivity contribution in [3.63, 3.8) is 0 Å². The van der Waals surface area contributed by atoms with Crippen molar-refractivity contribution in [3.8, 4) is 33.5 Å². The van der Waals surface area contributed by atoms with Crippen LogP contribution in [-0.4, -0.2) is 5.10 Å². The first-order valence-electron chi connectivity index (χ1n) is 11.6. The van der Waals surface area contributed by atoms with Crippen LogP contribution in [0.25, 0.3) is 33.5 Å². The maximum absolute atomic E-state index is 4.99. The second-order valence-electron chi connectivity index (χ2n) is 9.81. The van der Waals surface area contributed by atoms with E-state index in [1.54, 1.807) is 0 Å². The zero-order chi connectivity index (χ0) is 22.3. The van der Waals surface area contributed by atoms with Crippen LogP contribution in [0.2, 0.25) is 0 Å². The van der Waals surface area contributed by atoms with Crippen LogP contribution in [0.4, 0.5) is 0 Å². The Morgan fingerprint density at radius 2 is 1.47 bits per heavy atom. The second kappa shape index (κ2) is 6.62. The third-order valence-electron chi connectivity index (χ3n) is 7.57. The summed E-state index contributed by atoms with van der Waals surface area (Å²) in [7, 11) is 2.10. The predicted octanol–water partition coefficient (Wildman–Crippen LogP) is 6.26. The molecule has 0 radical (unpaired) electrons. The van der Waals surface area contributed by atoms with Gasteiger partial charge in [-0.05, 0) is 96.7 Å². The van der Waals surface area contributed by atoms with Gasteiger partial charge in [0.15, 0.2) is 7.05 Å².